The monoisotopic (exact) mass is 380 g/mol. The fraction of sp³-hybridized carbons (Fsp3) is 0.455. The van der Waals surface area contributed by atoms with E-state index in [2.05, 4.69) is 34.3 Å². The predicted molar refractivity (Wildman–Crippen MR) is 111 cm³/mol. The maximum Gasteiger partial charge on any atom is 0.255 e. The normalized spacial score (nSPS) is 18.2. The second-order valence-corrected chi connectivity index (χ2v) is 7.68. The molecular weight excluding hydrogens is 352 g/mol. The van der Waals surface area contributed by atoms with Crippen LogP contribution in [-0.2, 0) is 4.74 Å². The zero-order valence-electron chi connectivity index (χ0n) is 16.4. The number of nitrogens with one attached hydrogen (secondary N) is 1. The summed E-state index contributed by atoms with van der Waals surface area (Å²) in [6, 6.07) is 10.1. The van der Waals surface area contributed by atoms with Crippen LogP contribution in [0.2, 0.25) is 0 Å². The number of hydrogen-bond donors (Lipinski definition) is 1. The van der Waals surface area contributed by atoms with Crippen molar-refractivity contribution in [3.05, 3.63) is 48.3 Å². The molecule has 3 heterocycles. The van der Waals surface area contributed by atoms with Gasteiger partial charge in [-0.15, -0.1) is 0 Å². The summed E-state index contributed by atoms with van der Waals surface area (Å²) >= 11 is 0. The maximum absolute atomic E-state index is 12.9. The highest BCUT2D eigenvalue weighted by Gasteiger charge is 2.22. The summed E-state index contributed by atoms with van der Waals surface area (Å²) in [6.07, 6.45) is 5.58. The van der Waals surface area contributed by atoms with Gasteiger partial charge in [0, 0.05) is 32.4 Å². The lowest BCUT2D eigenvalue weighted by atomic mass is 9.99. The van der Waals surface area contributed by atoms with Crippen molar-refractivity contribution in [3.8, 4) is 0 Å². The molecule has 6 heteroatoms. The molecule has 1 N–H and O–H groups in total. The third-order valence-corrected chi connectivity index (χ3v) is 5.59. The summed E-state index contributed by atoms with van der Waals surface area (Å²) in [7, 11) is 0. The van der Waals surface area contributed by atoms with Crippen molar-refractivity contribution < 1.29 is 9.53 Å². The molecule has 2 saturated heterocycles. The van der Waals surface area contributed by atoms with E-state index in [1.54, 1.807) is 12.4 Å². The van der Waals surface area contributed by atoms with Gasteiger partial charge in [-0.1, -0.05) is 19.1 Å². The van der Waals surface area contributed by atoms with Gasteiger partial charge in [0.1, 0.15) is 0 Å². The SMILES string of the molecule is CC1CCN(C(=O)c2cncc(Nc3ccccc3N3CCOCC3)c2)CC1. The molecule has 0 bridgehead atoms. The lowest BCUT2D eigenvalue weighted by Crippen LogP contribution is -2.38. The zero-order chi connectivity index (χ0) is 19.3. The largest absolute Gasteiger partial charge is 0.378 e. The van der Waals surface area contributed by atoms with E-state index in [1.165, 1.54) is 0 Å². The summed E-state index contributed by atoms with van der Waals surface area (Å²) in [5.74, 6) is 0.774. The topological polar surface area (TPSA) is 57.7 Å². The first-order chi connectivity index (χ1) is 13.7. The molecule has 2 aliphatic heterocycles. The molecule has 1 aromatic carbocycles. The predicted octanol–water partition coefficient (Wildman–Crippen LogP) is 3.53. The van der Waals surface area contributed by atoms with E-state index in [0.717, 1.165) is 69.3 Å². The molecule has 4 rings (SSSR count). The maximum atomic E-state index is 12.9. The summed E-state index contributed by atoms with van der Waals surface area (Å²) in [4.78, 5) is 21.4. The molecule has 1 amide bonds. The number of hydrogen-bond acceptors (Lipinski definition) is 5. The second kappa shape index (κ2) is 8.61. The number of piperidine rings is 1. The van der Waals surface area contributed by atoms with Crippen LogP contribution in [0.1, 0.15) is 30.1 Å². The van der Waals surface area contributed by atoms with Gasteiger partial charge in [0.15, 0.2) is 0 Å². The lowest BCUT2D eigenvalue weighted by molar-refractivity contribution is 0.0697. The summed E-state index contributed by atoms with van der Waals surface area (Å²) in [6.45, 7) is 7.16. The number of carbonyl (C=O) groups excluding carboxylic acids is 1. The molecule has 0 aliphatic carbocycles. The number of anilines is 3. The summed E-state index contributed by atoms with van der Waals surface area (Å²) in [5.41, 5.74) is 3.63. The molecule has 2 fully saturated rings. The molecule has 6 nitrogen and oxygen atoms in total. The van der Waals surface area contributed by atoms with Crippen LogP contribution >= 0.6 is 0 Å². The van der Waals surface area contributed by atoms with Crippen molar-refractivity contribution in [2.45, 2.75) is 19.8 Å². The average Bonchev–Trinajstić information content (AvgIpc) is 2.75. The number of nitrogens with zero attached hydrogens (tertiary/aromatic N) is 3. The molecular formula is C22H28N4O2. The van der Waals surface area contributed by atoms with E-state index in [9.17, 15) is 4.79 Å². The van der Waals surface area contributed by atoms with Crippen molar-refractivity contribution in [2.24, 2.45) is 5.92 Å². The second-order valence-electron chi connectivity index (χ2n) is 7.68. The third-order valence-electron chi connectivity index (χ3n) is 5.59. The first-order valence-electron chi connectivity index (χ1n) is 10.1. The highest BCUT2D eigenvalue weighted by atomic mass is 16.5. The minimum atomic E-state index is 0.0736. The third kappa shape index (κ3) is 4.28. The molecule has 1 aromatic heterocycles. The Morgan fingerprint density at radius 3 is 2.64 bits per heavy atom. The van der Waals surface area contributed by atoms with Crippen LogP contribution < -0.4 is 10.2 Å². The Hall–Kier alpha value is -2.60. The van der Waals surface area contributed by atoms with E-state index in [0.29, 0.717) is 11.5 Å². The van der Waals surface area contributed by atoms with E-state index in [-0.39, 0.29) is 5.91 Å². The van der Waals surface area contributed by atoms with Crippen LogP contribution in [-0.4, -0.2) is 55.2 Å². The number of amides is 1. The lowest BCUT2D eigenvalue weighted by Gasteiger charge is -2.31. The average molecular weight is 380 g/mol. The van der Waals surface area contributed by atoms with Crippen LogP contribution in [0.25, 0.3) is 0 Å². The molecule has 0 spiro atoms. The van der Waals surface area contributed by atoms with Crippen LogP contribution in [0.15, 0.2) is 42.7 Å². The van der Waals surface area contributed by atoms with E-state index in [1.807, 2.05) is 23.1 Å². The molecule has 0 saturated carbocycles. The Morgan fingerprint density at radius 1 is 1.11 bits per heavy atom. The fourth-order valence-electron chi connectivity index (χ4n) is 3.83. The Balaban J connectivity index is 1.50. The number of para-hydroxylation sites is 2. The van der Waals surface area contributed by atoms with Gasteiger partial charge in [-0.25, -0.2) is 0 Å². The Bertz CT molecular complexity index is 812. The smallest absolute Gasteiger partial charge is 0.255 e. The van der Waals surface area contributed by atoms with Gasteiger partial charge in [-0.3, -0.25) is 9.78 Å². The van der Waals surface area contributed by atoms with Gasteiger partial charge >= 0.3 is 0 Å². The molecule has 148 valence electrons. The zero-order valence-corrected chi connectivity index (χ0v) is 16.4. The Labute approximate surface area is 166 Å². The van der Waals surface area contributed by atoms with Gasteiger partial charge in [0.05, 0.1) is 42.0 Å². The molecule has 0 unspecified atom stereocenters. The van der Waals surface area contributed by atoms with Crippen molar-refractivity contribution >= 4 is 23.0 Å². The number of likely N-dealkylation sites (tertiary alicyclic amines) is 1. The number of morpholine rings is 1. The van der Waals surface area contributed by atoms with Gasteiger partial charge in [-0.05, 0) is 37.0 Å². The van der Waals surface area contributed by atoms with Crippen LogP contribution in [0.5, 0.6) is 0 Å². The molecule has 0 atom stereocenters. The van der Waals surface area contributed by atoms with Gasteiger partial charge in [0.2, 0.25) is 0 Å². The molecule has 2 aromatic rings. The van der Waals surface area contributed by atoms with Crippen LogP contribution in [0.3, 0.4) is 0 Å². The molecule has 2 aliphatic rings. The highest BCUT2D eigenvalue weighted by Crippen LogP contribution is 2.29. The number of pyridine rings is 1. The van der Waals surface area contributed by atoms with Crippen molar-refractivity contribution in [3.63, 3.8) is 0 Å². The fourth-order valence-corrected chi connectivity index (χ4v) is 3.83. The van der Waals surface area contributed by atoms with E-state index in [4.69, 9.17) is 4.74 Å². The standard InChI is InChI=1S/C22H28N4O2/c1-17-6-8-26(9-7-17)22(27)18-14-19(16-23-15-18)24-20-4-2-3-5-21(20)25-10-12-28-13-11-25/h2-5,14-17,24H,6-13H2,1H3. The number of rotatable bonds is 4. The number of benzene rings is 1. The van der Waals surface area contributed by atoms with Crippen molar-refractivity contribution in [1.82, 2.24) is 9.88 Å². The van der Waals surface area contributed by atoms with Gasteiger partial charge in [0.25, 0.3) is 5.91 Å². The van der Waals surface area contributed by atoms with Crippen LogP contribution in [0.4, 0.5) is 17.1 Å². The van der Waals surface area contributed by atoms with Gasteiger partial charge < -0.3 is 19.9 Å². The molecule has 28 heavy (non-hydrogen) atoms. The number of carbonyl (C=O) groups is 1. The minimum absolute atomic E-state index is 0.0736. The first-order valence-corrected chi connectivity index (χ1v) is 10.1. The van der Waals surface area contributed by atoms with Crippen molar-refractivity contribution in [2.75, 3.05) is 49.6 Å². The van der Waals surface area contributed by atoms with E-state index >= 15 is 0 Å². The van der Waals surface area contributed by atoms with Gasteiger partial charge in [-0.2, -0.15) is 0 Å². The Morgan fingerprint density at radius 2 is 1.86 bits per heavy atom. The number of aromatic nitrogens is 1. The first kappa shape index (κ1) is 18.7. The minimum Gasteiger partial charge on any atom is -0.378 e. The summed E-state index contributed by atoms with van der Waals surface area (Å²) in [5, 5.41) is 3.46. The number of ether oxygens (including phenoxy) is 1. The quantitative estimate of drug-likeness (QED) is 0.879. The highest BCUT2D eigenvalue weighted by molar-refractivity contribution is 5.95. The van der Waals surface area contributed by atoms with Crippen LogP contribution in [0, 0.1) is 5.92 Å². The summed E-state index contributed by atoms with van der Waals surface area (Å²) < 4.78 is 5.47. The molecule has 0 radical (unpaired) electrons. The Kier molecular flexibility index (Phi) is 5.76. The van der Waals surface area contributed by atoms with Crippen molar-refractivity contribution in [1.29, 1.82) is 0 Å². The van der Waals surface area contributed by atoms with E-state index < -0.39 is 0 Å².